The Bertz CT molecular complexity index is 364. The Hall–Kier alpha value is -1.35. The topological polar surface area (TPSA) is 55.1 Å². The Morgan fingerprint density at radius 3 is 2.58 bits per heavy atom. The zero-order valence-corrected chi connectivity index (χ0v) is 12.1. The molecule has 1 aromatic carbocycles. The van der Waals surface area contributed by atoms with Gasteiger partial charge in [-0.15, -0.1) is 0 Å². The average molecular weight is 262 g/mol. The molecule has 1 amide bonds. The zero-order chi connectivity index (χ0) is 14.1. The van der Waals surface area contributed by atoms with Crippen molar-refractivity contribution in [3.63, 3.8) is 0 Å². The number of nitrogens with two attached hydrogens (primary N) is 1. The van der Waals surface area contributed by atoms with Crippen molar-refractivity contribution < 1.29 is 4.79 Å². The minimum atomic E-state index is -0.218. The van der Waals surface area contributed by atoms with Gasteiger partial charge in [-0.25, -0.2) is 0 Å². The fourth-order valence-corrected chi connectivity index (χ4v) is 2.12. The predicted molar refractivity (Wildman–Crippen MR) is 79.7 cm³/mol. The van der Waals surface area contributed by atoms with Gasteiger partial charge in [0.05, 0.1) is 0 Å². The van der Waals surface area contributed by atoms with E-state index in [-0.39, 0.29) is 18.0 Å². The van der Waals surface area contributed by atoms with Crippen molar-refractivity contribution in [1.29, 1.82) is 0 Å². The Kier molecular flexibility index (Phi) is 7.19. The number of amides is 1. The molecule has 0 saturated carbocycles. The summed E-state index contributed by atoms with van der Waals surface area (Å²) in [5.41, 5.74) is 7.04. The summed E-state index contributed by atoms with van der Waals surface area (Å²) in [7, 11) is 0. The molecule has 19 heavy (non-hydrogen) atoms. The lowest BCUT2D eigenvalue weighted by Crippen LogP contribution is -2.34. The van der Waals surface area contributed by atoms with E-state index in [1.807, 2.05) is 30.3 Å². The summed E-state index contributed by atoms with van der Waals surface area (Å²) in [4.78, 5) is 11.9. The molecule has 0 fully saturated rings. The van der Waals surface area contributed by atoms with Crippen LogP contribution in [0.1, 0.15) is 57.6 Å². The van der Waals surface area contributed by atoms with Crippen LogP contribution in [0.15, 0.2) is 30.3 Å². The molecule has 0 spiro atoms. The zero-order valence-electron chi connectivity index (χ0n) is 12.1. The summed E-state index contributed by atoms with van der Waals surface area (Å²) in [6.07, 6.45) is 4.99. The fourth-order valence-electron chi connectivity index (χ4n) is 2.12. The first kappa shape index (κ1) is 15.7. The number of hydrogen-bond donors (Lipinski definition) is 2. The second-order valence-electron chi connectivity index (χ2n) is 5.19. The molecule has 0 heterocycles. The molecule has 0 radical (unpaired) electrons. The highest BCUT2D eigenvalue weighted by molar-refractivity contribution is 5.77. The van der Waals surface area contributed by atoms with Crippen molar-refractivity contribution in [2.45, 2.75) is 58.0 Å². The maximum absolute atomic E-state index is 11.9. The molecular weight excluding hydrogens is 236 g/mol. The third kappa shape index (κ3) is 6.39. The van der Waals surface area contributed by atoms with Crippen LogP contribution in [0.25, 0.3) is 0 Å². The van der Waals surface area contributed by atoms with Gasteiger partial charge in [-0.05, 0) is 18.9 Å². The van der Waals surface area contributed by atoms with Crippen LogP contribution in [0.5, 0.6) is 0 Å². The first-order chi connectivity index (χ1) is 9.13. The van der Waals surface area contributed by atoms with E-state index in [2.05, 4.69) is 19.2 Å². The Morgan fingerprint density at radius 1 is 1.26 bits per heavy atom. The maximum atomic E-state index is 11.9. The van der Waals surface area contributed by atoms with Crippen LogP contribution in [0.2, 0.25) is 0 Å². The summed E-state index contributed by atoms with van der Waals surface area (Å²) in [5, 5.41) is 3.02. The fraction of sp³-hybridized carbons (Fsp3) is 0.562. The highest BCUT2D eigenvalue weighted by atomic mass is 16.1. The van der Waals surface area contributed by atoms with E-state index < -0.39 is 0 Å². The normalized spacial score (nSPS) is 13.8. The van der Waals surface area contributed by atoms with Gasteiger partial charge in [0.15, 0.2) is 0 Å². The second-order valence-corrected chi connectivity index (χ2v) is 5.19. The third-order valence-electron chi connectivity index (χ3n) is 3.28. The molecule has 2 unspecified atom stereocenters. The number of nitrogens with one attached hydrogen (secondary N) is 1. The number of unbranched alkanes of at least 4 members (excludes halogenated alkanes) is 2. The van der Waals surface area contributed by atoms with Crippen LogP contribution in [0.4, 0.5) is 0 Å². The van der Waals surface area contributed by atoms with Gasteiger partial charge >= 0.3 is 0 Å². The van der Waals surface area contributed by atoms with Gasteiger partial charge in [0.25, 0.3) is 0 Å². The van der Waals surface area contributed by atoms with Crippen LogP contribution >= 0.6 is 0 Å². The van der Waals surface area contributed by atoms with Crippen LogP contribution in [0.3, 0.4) is 0 Å². The van der Waals surface area contributed by atoms with Crippen LogP contribution in [-0.4, -0.2) is 11.9 Å². The Morgan fingerprint density at radius 2 is 1.95 bits per heavy atom. The van der Waals surface area contributed by atoms with Gasteiger partial charge in [0.1, 0.15) is 0 Å². The molecule has 3 heteroatoms. The lowest BCUT2D eigenvalue weighted by molar-refractivity contribution is -0.122. The molecule has 0 aromatic heterocycles. The van der Waals surface area contributed by atoms with Crippen LogP contribution in [0, 0.1) is 0 Å². The summed E-state index contributed by atoms with van der Waals surface area (Å²) in [6.45, 7) is 4.24. The Balaban J connectivity index is 2.30. The third-order valence-corrected chi connectivity index (χ3v) is 3.28. The van der Waals surface area contributed by atoms with Gasteiger partial charge in [-0.2, -0.15) is 0 Å². The molecule has 0 aliphatic carbocycles. The van der Waals surface area contributed by atoms with Gasteiger partial charge in [0.2, 0.25) is 5.91 Å². The first-order valence-electron chi connectivity index (χ1n) is 7.23. The molecule has 1 rings (SSSR count). The highest BCUT2D eigenvalue weighted by Crippen LogP contribution is 2.13. The van der Waals surface area contributed by atoms with Crippen molar-refractivity contribution in [2.75, 3.05) is 0 Å². The number of carbonyl (C=O) groups excluding carboxylic acids is 1. The SMILES string of the molecule is CCCCCC(C)NC(=O)CC(N)c1ccccc1. The van der Waals surface area contributed by atoms with E-state index in [0.717, 1.165) is 12.0 Å². The van der Waals surface area contributed by atoms with Crippen LogP contribution in [-0.2, 0) is 4.79 Å². The molecule has 3 N–H and O–H groups in total. The molecule has 106 valence electrons. The molecule has 3 nitrogen and oxygen atoms in total. The van der Waals surface area contributed by atoms with E-state index in [0.29, 0.717) is 6.42 Å². The molecule has 1 aromatic rings. The lowest BCUT2D eigenvalue weighted by Gasteiger charge is -2.16. The van der Waals surface area contributed by atoms with Crippen molar-refractivity contribution in [3.05, 3.63) is 35.9 Å². The van der Waals surface area contributed by atoms with Gasteiger partial charge in [-0.1, -0.05) is 56.5 Å². The summed E-state index contributed by atoms with van der Waals surface area (Å²) in [5.74, 6) is 0.0420. The van der Waals surface area contributed by atoms with Gasteiger partial charge in [-0.3, -0.25) is 4.79 Å². The lowest BCUT2D eigenvalue weighted by atomic mass is 10.0. The molecule has 2 atom stereocenters. The first-order valence-corrected chi connectivity index (χ1v) is 7.23. The van der Waals surface area contributed by atoms with E-state index in [1.165, 1.54) is 19.3 Å². The van der Waals surface area contributed by atoms with E-state index in [4.69, 9.17) is 5.73 Å². The standard InChI is InChI=1S/C16H26N2O/c1-3-4-6-9-13(2)18-16(19)12-15(17)14-10-7-5-8-11-14/h5,7-8,10-11,13,15H,3-4,6,9,12,17H2,1-2H3,(H,18,19). The average Bonchev–Trinajstić information content (AvgIpc) is 2.39. The van der Waals surface area contributed by atoms with Crippen molar-refractivity contribution in [3.8, 4) is 0 Å². The minimum Gasteiger partial charge on any atom is -0.354 e. The molecule has 0 saturated heterocycles. The van der Waals surface area contributed by atoms with Gasteiger partial charge in [0, 0.05) is 18.5 Å². The highest BCUT2D eigenvalue weighted by Gasteiger charge is 2.13. The largest absolute Gasteiger partial charge is 0.354 e. The Labute approximate surface area is 116 Å². The molecule has 0 aliphatic rings. The molecule has 0 aliphatic heterocycles. The van der Waals surface area contributed by atoms with Crippen molar-refractivity contribution in [2.24, 2.45) is 5.73 Å². The monoisotopic (exact) mass is 262 g/mol. The number of carbonyl (C=O) groups is 1. The summed E-state index contributed by atoms with van der Waals surface area (Å²) >= 11 is 0. The molecule has 0 bridgehead atoms. The number of hydrogen-bond acceptors (Lipinski definition) is 2. The number of benzene rings is 1. The number of rotatable bonds is 8. The smallest absolute Gasteiger partial charge is 0.222 e. The van der Waals surface area contributed by atoms with Gasteiger partial charge < -0.3 is 11.1 Å². The van der Waals surface area contributed by atoms with Crippen molar-refractivity contribution in [1.82, 2.24) is 5.32 Å². The molecular formula is C16H26N2O. The van der Waals surface area contributed by atoms with Crippen molar-refractivity contribution >= 4 is 5.91 Å². The second kappa shape index (κ2) is 8.70. The van der Waals surface area contributed by atoms with E-state index in [9.17, 15) is 4.79 Å². The quantitative estimate of drug-likeness (QED) is 0.707. The van der Waals surface area contributed by atoms with E-state index >= 15 is 0 Å². The minimum absolute atomic E-state index is 0.0420. The predicted octanol–water partition coefficient (Wildman–Crippen LogP) is 3.16. The maximum Gasteiger partial charge on any atom is 0.222 e. The van der Waals surface area contributed by atoms with E-state index in [1.54, 1.807) is 0 Å². The summed E-state index contributed by atoms with van der Waals surface area (Å²) in [6, 6.07) is 9.78. The summed E-state index contributed by atoms with van der Waals surface area (Å²) < 4.78 is 0. The van der Waals surface area contributed by atoms with Crippen LogP contribution < -0.4 is 11.1 Å².